The first kappa shape index (κ1) is 12.4. The Labute approximate surface area is 107 Å². The lowest BCUT2D eigenvalue weighted by Crippen LogP contribution is -2.31. The van der Waals surface area contributed by atoms with Crippen LogP contribution in [-0.2, 0) is 4.79 Å². The first-order valence-corrected chi connectivity index (χ1v) is 6.22. The smallest absolute Gasteiger partial charge is 0.238 e. The number of halogens is 1. The van der Waals surface area contributed by atoms with Crippen LogP contribution in [0.5, 0.6) is 0 Å². The molecule has 1 amide bonds. The Hall–Kier alpha value is -1.06. The lowest BCUT2D eigenvalue weighted by atomic mass is 10.1. The summed E-state index contributed by atoms with van der Waals surface area (Å²) < 4.78 is 0. The SMILES string of the molecule is CC1(CNCC(=O)Nc2ccccc2Cl)CC1. The summed E-state index contributed by atoms with van der Waals surface area (Å²) in [5.41, 5.74) is 1.09. The van der Waals surface area contributed by atoms with E-state index in [2.05, 4.69) is 17.6 Å². The van der Waals surface area contributed by atoms with Crippen LogP contribution >= 0.6 is 11.6 Å². The van der Waals surface area contributed by atoms with Crippen molar-refractivity contribution in [1.29, 1.82) is 0 Å². The topological polar surface area (TPSA) is 41.1 Å². The minimum Gasteiger partial charge on any atom is -0.324 e. The lowest BCUT2D eigenvalue weighted by Gasteiger charge is -2.10. The van der Waals surface area contributed by atoms with Gasteiger partial charge in [0, 0.05) is 6.54 Å². The number of benzene rings is 1. The molecule has 1 aliphatic carbocycles. The van der Waals surface area contributed by atoms with Gasteiger partial charge < -0.3 is 10.6 Å². The summed E-state index contributed by atoms with van der Waals surface area (Å²) in [5, 5.41) is 6.52. The maximum atomic E-state index is 11.6. The Kier molecular flexibility index (Phi) is 3.69. The van der Waals surface area contributed by atoms with E-state index in [1.54, 1.807) is 12.1 Å². The molecule has 0 bridgehead atoms. The summed E-state index contributed by atoms with van der Waals surface area (Å²) in [6.07, 6.45) is 2.51. The fourth-order valence-electron chi connectivity index (χ4n) is 1.62. The average molecular weight is 253 g/mol. The highest BCUT2D eigenvalue weighted by Gasteiger charge is 2.36. The summed E-state index contributed by atoms with van der Waals surface area (Å²) in [4.78, 5) is 11.6. The third kappa shape index (κ3) is 3.72. The first-order valence-electron chi connectivity index (χ1n) is 5.84. The van der Waals surface area contributed by atoms with E-state index in [1.165, 1.54) is 12.8 Å². The van der Waals surface area contributed by atoms with E-state index in [0.717, 1.165) is 6.54 Å². The Morgan fingerprint density at radius 1 is 1.41 bits per heavy atom. The number of hydrogen-bond donors (Lipinski definition) is 2. The number of rotatable bonds is 5. The van der Waals surface area contributed by atoms with Crippen LogP contribution in [0.3, 0.4) is 0 Å². The summed E-state index contributed by atoms with van der Waals surface area (Å²) >= 11 is 5.95. The van der Waals surface area contributed by atoms with E-state index in [0.29, 0.717) is 22.7 Å². The highest BCUT2D eigenvalue weighted by molar-refractivity contribution is 6.33. The molecule has 1 aromatic rings. The second-order valence-corrected chi connectivity index (χ2v) is 5.35. The second kappa shape index (κ2) is 5.07. The molecule has 1 aliphatic rings. The molecule has 0 saturated heterocycles. The molecule has 0 aromatic heterocycles. The van der Waals surface area contributed by atoms with Crippen molar-refractivity contribution in [1.82, 2.24) is 5.32 Å². The van der Waals surface area contributed by atoms with Crippen LogP contribution < -0.4 is 10.6 Å². The minimum absolute atomic E-state index is 0.0534. The van der Waals surface area contributed by atoms with E-state index in [-0.39, 0.29) is 5.91 Å². The van der Waals surface area contributed by atoms with Crippen LogP contribution in [0.2, 0.25) is 5.02 Å². The summed E-state index contributed by atoms with van der Waals surface area (Å²) in [5.74, 6) is -0.0534. The van der Waals surface area contributed by atoms with Crippen LogP contribution in [0.1, 0.15) is 19.8 Å². The maximum Gasteiger partial charge on any atom is 0.238 e. The zero-order chi connectivity index (χ0) is 12.3. The summed E-state index contributed by atoms with van der Waals surface area (Å²) in [6, 6.07) is 7.24. The van der Waals surface area contributed by atoms with Crippen molar-refractivity contribution in [3.05, 3.63) is 29.3 Å². The van der Waals surface area contributed by atoms with Gasteiger partial charge in [0.15, 0.2) is 0 Å². The fraction of sp³-hybridized carbons (Fsp3) is 0.462. The molecule has 92 valence electrons. The fourth-order valence-corrected chi connectivity index (χ4v) is 1.81. The van der Waals surface area contributed by atoms with Gasteiger partial charge in [0.25, 0.3) is 0 Å². The highest BCUT2D eigenvalue weighted by atomic mass is 35.5. The van der Waals surface area contributed by atoms with Crippen LogP contribution in [0, 0.1) is 5.41 Å². The van der Waals surface area contributed by atoms with Gasteiger partial charge in [-0.2, -0.15) is 0 Å². The second-order valence-electron chi connectivity index (χ2n) is 4.94. The number of anilines is 1. The van der Waals surface area contributed by atoms with Crippen LogP contribution in [-0.4, -0.2) is 19.0 Å². The van der Waals surface area contributed by atoms with Crippen LogP contribution in [0.25, 0.3) is 0 Å². The highest BCUT2D eigenvalue weighted by Crippen LogP contribution is 2.43. The van der Waals surface area contributed by atoms with E-state index >= 15 is 0 Å². The molecule has 17 heavy (non-hydrogen) atoms. The van der Waals surface area contributed by atoms with Crippen molar-refractivity contribution in [3.63, 3.8) is 0 Å². The third-order valence-electron chi connectivity index (χ3n) is 3.09. The first-order chi connectivity index (χ1) is 8.09. The molecule has 0 unspecified atom stereocenters. The molecule has 3 nitrogen and oxygen atoms in total. The number of para-hydroxylation sites is 1. The molecule has 0 radical (unpaired) electrons. The molecular formula is C13H17ClN2O. The van der Waals surface area contributed by atoms with Crippen molar-refractivity contribution < 1.29 is 4.79 Å². The van der Waals surface area contributed by atoms with Crippen molar-refractivity contribution >= 4 is 23.2 Å². The normalized spacial score (nSPS) is 16.6. The van der Waals surface area contributed by atoms with Crippen LogP contribution in [0.4, 0.5) is 5.69 Å². The quantitative estimate of drug-likeness (QED) is 0.846. The Morgan fingerprint density at radius 3 is 2.76 bits per heavy atom. The minimum atomic E-state index is -0.0534. The van der Waals surface area contributed by atoms with Crippen LogP contribution in [0.15, 0.2) is 24.3 Å². The van der Waals surface area contributed by atoms with Crippen molar-refractivity contribution in [2.45, 2.75) is 19.8 Å². The zero-order valence-electron chi connectivity index (χ0n) is 9.92. The van der Waals surface area contributed by atoms with Gasteiger partial charge in [-0.1, -0.05) is 30.7 Å². The summed E-state index contributed by atoms with van der Waals surface area (Å²) in [7, 11) is 0. The number of hydrogen-bond acceptors (Lipinski definition) is 2. The van der Waals surface area contributed by atoms with E-state index in [9.17, 15) is 4.79 Å². The van der Waals surface area contributed by atoms with Gasteiger partial charge in [-0.05, 0) is 30.4 Å². The van der Waals surface area contributed by atoms with Gasteiger partial charge in [0.05, 0.1) is 17.3 Å². The molecule has 2 rings (SSSR count). The molecular weight excluding hydrogens is 236 g/mol. The number of nitrogens with one attached hydrogen (secondary N) is 2. The zero-order valence-corrected chi connectivity index (χ0v) is 10.7. The predicted molar refractivity (Wildman–Crippen MR) is 70.3 cm³/mol. The van der Waals surface area contributed by atoms with E-state index in [4.69, 9.17) is 11.6 Å². The van der Waals surface area contributed by atoms with Gasteiger partial charge in [0.1, 0.15) is 0 Å². The predicted octanol–water partition coefficient (Wildman–Crippen LogP) is 2.67. The Balaban J connectivity index is 1.75. The van der Waals surface area contributed by atoms with E-state index < -0.39 is 0 Å². The lowest BCUT2D eigenvalue weighted by molar-refractivity contribution is -0.115. The largest absolute Gasteiger partial charge is 0.324 e. The number of carbonyl (C=O) groups excluding carboxylic acids is 1. The van der Waals surface area contributed by atoms with Gasteiger partial charge in [0.2, 0.25) is 5.91 Å². The Morgan fingerprint density at radius 2 is 2.12 bits per heavy atom. The molecule has 0 atom stereocenters. The van der Waals surface area contributed by atoms with Gasteiger partial charge >= 0.3 is 0 Å². The molecule has 2 N–H and O–H groups in total. The number of carbonyl (C=O) groups is 1. The molecule has 1 fully saturated rings. The molecule has 1 saturated carbocycles. The molecule has 0 heterocycles. The average Bonchev–Trinajstić information content (AvgIpc) is 3.00. The van der Waals surface area contributed by atoms with Crippen molar-refractivity contribution in [3.8, 4) is 0 Å². The van der Waals surface area contributed by atoms with Gasteiger partial charge in [-0.15, -0.1) is 0 Å². The maximum absolute atomic E-state index is 11.6. The van der Waals surface area contributed by atoms with E-state index in [1.807, 2.05) is 12.1 Å². The van der Waals surface area contributed by atoms with Gasteiger partial charge in [-0.25, -0.2) is 0 Å². The Bertz CT molecular complexity index is 416. The molecule has 0 spiro atoms. The van der Waals surface area contributed by atoms with Crippen molar-refractivity contribution in [2.24, 2.45) is 5.41 Å². The number of amides is 1. The van der Waals surface area contributed by atoms with Gasteiger partial charge in [-0.3, -0.25) is 4.79 Å². The monoisotopic (exact) mass is 252 g/mol. The third-order valence-corrected chi connectivity index (χ3v) is 3.42. The van der Waals surface area contributed by atoms with Crippen molar-refractivity contribution in [2.75, 3.05) is 18.4 Å². The molecule has 0 aliphatic heterocycles. The standard InChI is InChI=1S/C13H17ClN2O/c1-13(6-7-13)9-15-8-12(17)16-11-5-3-2-4-10(11)14/h2-5,15H,6-9H2,1H3,(H,16,17). The molecule has 1 aromatic carbocycles. The molecule has 4 heteroatoms. The summed E-state index contributed by atoms with van der Waals surface area (Å²) in [6.45, 7) is 3.47.